The molecule has 94 valence electrons. The van der Waals surface area contributed by atoms with Crippen molar-refractivity contribution in [3.05, 3.63) is 16.1 Å². The zero-order chi connectivity index (χ0) is 13.0. The van der Waals surface area contributed by atoms with Crippen molar-refractivity contribution in [1.82, 2.24) is 20.7 Å². The lowest BCUT2D eigenvalue weighted by molar-refractivity contribution is 0.0691. The van der Waals surface area contributed by atoms with Gasteiger partial charge in [0.1, 0.15) is 5.01 Å². The summed E-state index contributed by atoms with van der Waals surface area (Å²) in [6.07, 6.45) is 0. The molecule has 0 bridgehead atoms. The maximum Gasteiger partial charge on any atom is 0.355 e. The van der Waals surface area contributed by atoms with E-state index in [0.717, 1.165) is 0 Å². The highest BCUT2D eigenvalue weighted by Gasteiger charge is 2.15. The van der Waals surface area contributed by atoms with Gasteiger partial charge in [0.2, 0.25) is 0 Å². The quantitative estimate of drug-likeness (QED) is 0.690. The summed E-state index contributed by atoms with van der Waals surface area (Å²) >= 11 is 1.20. The number of hydrogen-bond donors (Lipinski definition) is 3. The van der Waals surface area contributed by atoms with E-state index in [1.807, 2.05) is 0 Å². The number of nitrogens with zero attached hydrogens (tertiary/aromatic N) is 2. The summed E-state index contributed by atoms with van der Waals surface area (Å²) in [5.41, 5.74) is 2.51. The molecular weight excluding hydrogens is 244 g/mol. The van der Waals surface area contributed by atoms with Crippen LogP contribution in [0, 0.1) is 0 Å². The van der Waals surface area contributed by atoms with Gasteiger partial charge in [-0.2, -0.15) is 0 Å². The third kappa shape index (κ3) is 4.00. The Morgan fingerprint density at radius 1 is 1.53 bits per heavy atom. The first-order valence-electron chi connectivity index (χ1n) is 4.83. The minimum atomic E-state index is -1.07. The second-order valence-corrected chi connectivity index (χ2v) is 4.47. The molecule has 1 atom stereocenters. The van der Waals surface area contributed by atoms with Crippen LogP contribution in [0.15, 0.2) is 5.38 Å². The average molecular weight is 258 g/mol. The van der Waals surface area contributed by atoms with Crippen molar-refractivity contribution >= 4 is 23.3 Å². The summed E-state index contributed by atoms with van der Waals surface area (Å²) < 4.78 is 0. The number of thiazole rings is 1. The van der Waals surface area contributed by atoms with Crippen LogP contribution in [0.4, 0.5) is 4.79 Å². The maximum absolute atomic E-state index is 11.4. The summed E-state index contributed by atoms with van der Waals surface area (Å²) in [4.78, 5) is 25.9. The van der Waals surface area contributed by atoms with E-state index in [1.165, 1.54) is 21.7 Å². The van der Waals surface area contributed by atoms with Crippen molar-refractivity contribution in [1.29, 1.82) is 0 Å². The largest absolute Gasteiger partial charge is 0.476 e. The number of carbonyl (C=O) groups excluding carboxylic acids is 1. The third-order valence-corrected chi connectivity index (χ3v) is 2.81. The second-order valence-electron chi connectivity index (χ2n) is 3.58. The van der Waals surface area contributed by atoms with Gasteiger partial charge >= 0.3 is 12.0 Å². The van der Waals surface area contributed by atoms with E-state index >= 15 is 0 Å². The van der Waals surface area contributed by atoms with Gasteiger partial charge in [-0.25, -0.2) is 19.6 Å². The van der Waals surface area contributed by atoms with Crippen molar-refractivity contribution in [2.45, 2.75) is 13.0 Å². The van der Waals surface area contributed by atoms with Gasteiger partial charge in [-0.3, -0.25) is 5.43 Å². The van der Waals surface area contributed by atoms with Crippen molar-refractivity contribution < 1.29 is 14.7 Å². The molecule has 0 aliphatic carbocycles. The molecular formula is C9H14N4O3S. The molecule has 1 unspecified atom stereocenters. The molecule has 8 heteroatoms. The van der Waals surface area contributed by atoms with Crippen LogP contribution in [0.25, 0.3) is 0 Å². The zero-order valence-electron chi connectivity index (χ0n) is 9.72. The first-order valence-corrected chi connectivity index (χ1v) is 5.71. The molecule has 0 radical (unpaired) electrons. The molecule has 0 aliphatic rings. The van der Waals surface area contributed by atoms with Crippen LogP contribution < -0.4 is 10.7 Å². The van der Waals surface area contributed by atoms with Crippen LogP contribution in [0.5, 0.6) is 0 Å². The van der Waals surface area contributed by atoms with Gasteiger partial charge in [0, 0.05) is 19.5 Å². The Bertz CT molecular complexity index is 418. The normalized spacial score (nSPS) is 12.2. The monoisotopic (exact) mass is 258 g/mol. The lowest BCUT2D eigenvalue weighted by Gasteiger charge is -2.15. The molecule has 0 spiro atoms. The number of carboxylic acid groups (broad SMARTS) is 1. The Balaban J connectivity index is 2.60. The Hall–Kier alpha value is -1.67. The molecule has 0 fully saturated rings. The number of aromatic nitrogens is 1. The SMILES string of the molecule is CC(NC(=O)NN(C)C)c1nc(C(=O)O)cs1. The van der Waals surface area contributed by atoms with Gasteiger partial charge in [-0.15, -0.1) is 11.3 Å². The van der Waals surface area contributed by atoms with Gasteiger partial charge in [-0.1, -0.05) is 0 Å². The molecule has 0 saturated heterocycles. The predicted octanol–water partition coefficient (Wildman–Crippen LogP) is 0.678. The number of aromatic carboxylic acids is 1. The standard InChI is InChI=1S/C9H14N4O3S/c1-5(10-9(16)12-13(2)3)7-11-6(4-17-7)8(14)15/h4-5H,1-3H3,(H,14,15)(H2,10,12,16). The lowest BCUT2D eigenvalue weighted by atomic mass is 10.3. The number of amides is 2. The molecule has 0 aliphatic heterocycles. The van der Waals surface area contributed by atoms with Crippen molar-refractivity contribution in [3.8, 4) is 0 Å². The zero-order valence-corrected chi connectivity index (χ0v) is 10.5. The summed E-state index contributed by atoms with van der Waals surface area (Å²) in [7, 11) is 3.38. The van der Waals surface area contributed by atoms with Gasteiger partial charge in [0.05, 0.1) is 6.04 Å². The van der Waals surface area contributed by atoms with E-state index in [4.69, 9.17) is 5.11 Å². The van der Waals surface area contributed by atoms with E-state index in [9.17, 15) is 9.59 Å². The topological polar surface area (TPSA) is 94.6 Å². The number of carboxylic acids is 1. The van der Waals surface area contributed by atoms with Crippen molar-refractivity contribution in [2.24, 2.45) is 0 Å². The summed E-state index contributed by atoms with van der Waals surface area (Å²) in [5.74, 6) is -1.07. The second kappa shape index (κ2) is 5.60. The van der Waals surface area contributed by atoms with Gasteiger partial charge in [0.15, 0.2) is 5.69 Å². The van der Waals surface area contributed by atoms with Crippen molar-refractivity contribution in [3.63, 3.8) is 0 Å². The third-order valence-electron chi connectivity index (χ3n) is 1.78. The van der Waals surface area contributed by atoms with Crippen LogP contribution in [0.1, 0.15) is 28.5 Å². The Morgan fingerprint density at radius 3 is 2.65 bits per heavy atom. The van der Waals surface area contributed by atoms with Crippen molar-refractivity contribution in [2.75, 3.05) is 14.1 Å². The number of carbonyl (C=O) groups is 2. The molecule has 17 heavy (non-hydrogen) atoms. The average Bonchev–Trinajstić information content (AvgIpc) is 2.64. The number of rotatable bonds is 4. The first kappa shape index (κ1) is 13.4. The van der Waals surface area contributed by atoms with Crippen LogP contribution in [0.2, 0.25) is 0 Å². The Labute approximate surface area is 102 Å². The molecule has 0 saturated carbocycles. The summed E-state index contributed by atoms with van der Waals surface area (Å²) in [6, 6.07) is -0.706. The fraction of sp³-hybridized carbons (Fsp3) is 0.444. The lowest BCUT2D eigenvalue weighted by Crippen LogP contribution is -2.44. The smallest absolute Gasteiger partial charge is 0.355 e. The molecule has 0 aromatic carbocycles. The highest BCUT2D eigenvalue weighted by atomic mass is 32.1. The van der Waals surface area contributed by atoms with Gasteiger partial charge in [0.25, 0.3) is 0 Å². The Kier molecular flexibility index (Phi) is 4.41. The molecule has 3 N–H and O–H groups in total. The predicted molar refractivity (Wildman–Crippen MR) is 62.8 cm³/mol. The molecule has 1 aromatic rings. The van der Waals surface area contributed by atoms with E-state index in [2.05, 4.69) is 15.7 Å². The molecule has 1 aromatic heterocycles. The van der Waals surface area contributed by atoms with E-state index in [1.54, 1.807) is 21.0 Å². The summed E-state index contributed by atoms with van der Waals surface area (Å²) in [6.45, 7) is 1.74. The fourth-order valence-electron chi connectivity index (χ4n) is 1.08. The van der Waals surface area contributed by atoms with Gasteiger partial charge < -0.3 is 10.4 Å². The van der Waals surface area contributed by atoms with Crippen LogP contribution in [-0.2, 0) is 0 Å². The van der Waals surface area contributed by atoms with Gasteiger partial charge in [-0.05, 0) is 6.92 Å². The fourth-order valence-corrected chi connectivity index (χ4v) is 1.88. The van der Waals surface area contributed by atoms with Crippen LogP contribution >= 0.6 is 11.3 Å². The minimum absolute atomic E-state index is 0.00772. The number of nitrogens with one attached hydrogen (secondary N) is 2. The minimum Gasteiger partial charge on any atom is -0.476 e. The van der Waals surface area contributed by atoms with E-state index in [0.29, 0.717) is 5.01 Å². The van der Waals surface area contributed by atoms with E-state index < -0.39 is 5.97 Å². The number of hydrogen-bond acceptors (Lipinski definition) is 5. The Morgan fingerprint density at radius 2 is 2.18 bits per heavy atom. The molecule has 1 heterocycles. The van der Waals surface area contributed by atoms with Crippen LogP contribution in [0.3, 0.4) is 0 Å². The molecule has 1 rings (SSSR count). The first-order chi connectivity index (χ1) is 7.90. The van der Waals surface area contributed by atoms with E-state index in [-0.39, 0.29) is 17.8 Å². The van der Waals surface area contributed by atoms with Crippen LogP contribution in [-0.4, -0.2) is 41.2 Å². The number of hydrazine groups is 1. The highest BCUT2D eigenvalue weighted by molar-refractivity contribution is 7.09. The molecule has 7 nitrogen and oxygen atoms in total. The highest BCUT2D eigenvalue weighted by Crippen LogP contribution is 2.17. The summed E-state index contributed by atoms with van der Waals surface area (Å²) in [5, 5.41) is 14.9. The molecule has 2 amide bonds. The number of urea groups is 1. The maximum atomic E-state index is 11.4.